The van der Waals surface area contributed by atoms with Crippen LogP contribution in [0.25, 0.3) is 0 Å². The van der Waals surface area contributed by atoms with Crippen LogP contribution in [0.15, 0.2) is 18.2 Å². The van der Waals surface area contributed by atoms with E-state index in [-0.39, 0.29) is 17.9 Å². The van der Waals surface area contributed by atoms with Crippen molar-refractivity contribution >= 4 is 17.6 Å². The predicted molar refractivity (Wildman–Crippen MR) is 54.9 cm³/mol. The molecule has 17 heavy (non-hydrogen) atoms. The molecule has 0 aromatic heterocycles. The average molecular weight is 241 g/mol. The molecule has 90 valence electrons. The molecule has 0 aliphatic carbocycles. The maximum atomic E-state index is 13.4. The Balaban J connectivity index is 2.51. The van der Waals surface area contributed by atoms with Gasteiger partial charge in [-0.3, -0.25) is 4.79 Å². The lowest BCUT2D eigenvalue weighted by atomic mass is 10.1. The summed E-state index contributed by atoms with van der Waals surface area (Å²) in [5.74, 6) is -5.76. The quantitative estimate of drug-likeness (QED) is 0.804. The fourth-order valence-corrected chi connectivity index (χ4v) is 1.64. The number of fused-ring (bicyclic) bond motifs is 1. The molecule has 0 radical (unpaired) electrons. The fourth-order valence-electron chi connectivity index (χ4n) is 1.64. The van der Waals surface area contributed by atoms with E-state index < -0.39 is 23.4 Å². The van der Waals surface area contributed by atoms with Crippen molar-refractivity contribution in [1.29, 1.82) is 0 Å². The molecule has 1 amide bonds. The Morgan fingerprint density at radius 2 is 2.18 bits per heavy atom. The first-order valence-electron chi connectivity index (χ1n) is 4.98. The number of amides is 1. The highest BCUT2D eigenvalue weighted by molar-refractivity contribution is 6.09. The van der Waals surface area contributed by atoms with Gasteiger partial charge in [-0.25, -0.2) is 4.79 Å². The summed E-state index contributed by atoms with van der Waals surface area (Å²) >= 11 is 0. The van der Waals surface area contributed by atoms with Crippen molar-refractivity contribution in [1.82, 2.24) is 0 Å². The van der Waals surface area contributed by atoms with Gasteiger partial charge in [0.15, 0.2) is 0 Å². The monoisotopic (exact) mass is 241 g/mol. The molecule has 0 spiro atoms. The minimum absolute atomic E-state index is 0.0603. The van der Waals surface area contributed by atoms with Crippen molar-refractivity contribution in [2.24, 2.45) is 0 Å². The van der Waals surface area contributed by atoms with Crippen LogP contribution in [-0.4, -0.2) is 18.5 Å². The van der Waals surface area contributed by atoms with Crippen molar-refractivity contribution in [3.63, 3.8) is 0 Å². The first kappa shape index (κ1) is 11.5. The maximum Gasteiger partial charge on any atom is 0.352 e. The van der Waals surface area contributed by atoms with Gasteiger partial charge in [-0.15, -0.1) is 0 Å². The normalized spacial score (nSPS) is 16.3. The van der Waals surface area contributed by atoms with E-state index in [4.69, 9.17) is 4.74 Å². The van der Waals surface area contributed by atoms with Crippen LogP contribution in [0.3, 0.4) is 0 Å². The van der Waals surface area contributed by atoms with Gasteiger partial charge in [0, 0.05) is 0 Å². The molecule has 0 fully saturated rings. The molecule has 1 N–H and O–H groups in total. The summed E-state index contributed by atoms with van der Waals surface area (Å²) in [5.41, 5.74) is -0.719. The summed E-state index contributed by atoms with van der Waals surface area (Å²) in [6, 6.07) is 3.73. The first-order chi connectivity index (χ1) is 7.98. The molecule has 0 bridgehead atoms. The van der Waals surface area contributed by atoms with Crippen LogP contribution in [-0.2, 0) is 15.5 Å². The third kappa shape index (κ3) is 1.65. The number of ether oxygens (including phenoxy) is 1. The highest BCUT2D eigenvalue weighted by Gasteiger charge is 2.49. The second-order valence-corrected chi connectivity index (χ2v) is 3.48. The summed E-state index contributed by atoms with van der Waals surface area (Å²) in [6.07, 6.45) is 0. The van der Waals surface area contributed by atoms with Gasteiger partial charge in [-0.1, -0.05) is 12.1 Å². The van der Waals surface area contributed by atoms with Gasteiger partial charge in [0.25, 0.3) is 5.91 Å². The van der Waals surface area contributed by atoms with E-state index in [1.807, 2.05) is 5.32 Å². The molecule has 1 heterocycles. The minimum atomic E-state index is -3.60. The standard InChI is InChI=1S/C11H9F2NO3/c1-2-17-9(15)6-4-3-5-7-8(6)14-10(16)11(7,12)13/h3-5H,2H2,1H3,(H,14,16). The molecule has 1 aliphatic rings. The zero-order chi connectivity index (χ0) is 12.6. The summed E-state index contributed by atoms with van der Waals surface area (Å²) < 4.78 is 31.5. The van der Waals surface area contributed by atoms with Crippen molar-refractivity contribution in [2.45, 2.75) is 12.8 Å². The number of benzene rings is 1. The molecule has 0 unspecified atom stereocenters. The molecule has 2 rings (SSSR count). The number of halogens is 2. The number of anilines is 1. The molecule has 1 aromatic carbocycles. The van der Waals surface area contributed by atoms with Crippen LogP contribution in [0.5, 0.6) is 0 Å². The number of para-hydroxylation sites is 1. The Morgan fingerprint density at radius 1 is 1.47 bits per heavy atom. The zero-order valence-corrected chi connectivity index (χ0v) is 8.92. The maximum absolute atomic E-state index is 13.4. The largest absolute Gasteiger partial charge is 0.462 e. The summed E-state index contributed by atoms with van der Waals surface area (Å²) in [7, 11) is 0. The highest BCUT2D eigenvalue weighted by atomic mass is 19.3. The highest BCUT2D eigenvalue weighted by Crippen LogP contribution is 2.42. The Labute approximate surface area is 95.6 Å². The minimum Gasteiger partial charge on any atom is -0.462 e. The number of hydrogen-bond acceptors (Lipinski definition) is 3. The third-order valence-electron chi connectivity index (χ3n) is 2.42. The molecular formula is C11H9F2NO3. The topological polar surface area (TPSA) is 55.4 Å². The Bertz CT molecular complexity index is 499. The number of rotatable bonds is 2. The van der Waals surface area contributed by atoms with E-state index in [0.717, 1.165) is 6.07 Å². The first-order valence-corrected chi connectivity index (χ1v) is 4.98. The number of hydrogen-bond donors (Lipinski definition) is 1. The Hall–Kier alpha value is -1.98. The molecule has 4 nitrogen and oxygen atoms in total. The van der Waals surface area contributed by atoms with Crippen LogP contribution in [0, 0.1) is 0 Å². The van der Waals surface area contributed by atoms with Crippen molar-refractivity contribution in [2.75, 3.05) is 11.9 Å². The lowest BCUT2D eigenvalue weighted by molar-refractivity contribution is -0.139. The third-order valence-corrected chi connectivity index (χ3v) is 2.42. The van der Waals surface area contributed by atoms with E-state index in [1.165, 1.54) is 12.1 Å². The Morgan fingerprint density at radius 3 is 2.82 bits per heavy atom. The van der Waals surface area contributed by atoms with Crippen molar-refractivity contribution < 1.29 is 23.1 Å². The predicted octanol–water partition coefficient (Wildman–Crippen LogP) is 1.91. The van der Waals surface area contributed by atoms with Gasteiger partial charge in [-0.2, -0.15) is 8.78 Å². The number of alkyl halides is 2. The number of nitrogens with one attached hydrogen (secondary N) is 1. The van der Waals surface area contributed by atoms with E-state index in [2.05, 4.69) is 0 Å². The van der Waals surface area contributed by atoms with Gasteiger partial charge >= 0.3 is 11.9 Å². The Kier molecular flexibility index (Phi) is 2.57. The molecular weight excluding hydrogens is 232 g/mol. The number of carbonyl (C=O) groups excluding carboxylic acids is 2. The van der Waals surface area contributed by atoms with Crippen molar-refractivity contribution in [3.8, 4) is 0 Å². The lowest BCUT2D eigenvalue weighted by Gasteiger charge is -2.08. The second-order valence-electron chi connectivity index (χ2n) is 3.48. The SMILES string of the molecule is CCOC(=O)c1cccc2c1NC(=O)C2(F)F. The summed E-state index contributed by atoms with van der Waals surface area (Å²) in [4.78, 5) is 22.6. The van der Waals surface area contributed by atoms with Gasteiger partial charge in [0.05, 0.1) is 23.4 Å². The van der Waals surface area contributed by atoms with E-state index in [0.29, 0.717) is 0 Å². The molecule has 0 saturated carbocycles. The molecule has 1 aliphatic heterocycles. The fraction of sp³-hybridized carbons (Fsp3) is 0.273. The average Bonchev–Trinajstić information content (AvgIpc) is 2.51. The van der Waals surface area contributed by atoms with Crippen LogP contribution in [0.4, 0.5) is 14.5 Å². The molecule has 1 aromatic rings. The van der Waals surface area contributed by atoms with Gasteiger partial charge in [-0.05, 0) is 13.0 Å². The lowest BCUT2D eigenvalue weighted by Crippen LogP contribution is -2.23. The summed E-state index contributed by atoms with van der Waals surface area (Å²) in [5, 5.41) is 2.01. The van der Waals surface area contributed by atoms with Gasteiger partial charge < -0.3 is 10.1 Å². The van der Waals surface area contributed by atoms with Gasteiger partial charge in [0.2, 0.25) is 0 Å². The van der Waals surface area contributed by atoms with Crippen LogP contribution in [0.2, 0.25) is 0 Å². The van der Waals surface area contributed by atoms with Crippen LogP contribution in [0.1, 0.15) is 22.8 Å². The van der Waals surface area contributed by atoms with Crippen LogP contribution < -0.4 is 5.32 Å². The second kappa shape index (κ2) is 3.80. The number of esters is 1. The molecule has 0 saturated heterocycles. The van der Waals surface area contributed by atoms with Gasteiger partial charge in [0.1, 0.15) is 0 Å². The zero-order valence-electron chi connectivity index (χ0n) is 8.92. The van der Waals surface area contributed by atoms with E-state index in [1.54, 1.807) is 6.92 Å². The molecule has 6 heteroatoms. The summed E-state index contributed by atoms with van der Waals surface area (Å²) in [6.45, 7) is 1.74. The van der Waals surface area contributed by atoms with E-state index in [9.17, 15) is 18.4 Å². The van der Waals surface area contributed by atoms with Crippen LogP contribution >= 0.6 is 0 Å². The molecule has 0 atom stereocenters. The van der Waals surface area contributed by atoms with Crippen molar-refractivity contribution in [3.05, 3.63) is 29.3 Å². The number of carbonyl (C=O) groups is 2. The smallest absolute Gasteiger partial charge is 0.352 e. The van der Waals surface area contributed by atoms with E-state index >= 15 is 0 Å².